The molecule has 0 spiro atoms. The van der Waals surface area contributed by atoms with Crippen molar-refractivity contribution in [3.63, 3.8) is 0 Å². The number of nitrogens with zero attached hydrogens (tertiary/aromatic N) is 7. The van der Waals surface area contributed by atoms with E-state index in [1.165, 1.54) is 40.9 Å². The third-order valence-electron chi connectivity index (χ3n) is 13.0. The molecule has 4 aliphatic heterocycles. The Kier molecular flexibility index (Phi) is 21.2. The first-order valence-electron chi connectivity index (χ1n) is 27.8. The van der Waals surface area contributed by atoms with Gasteiger partial charge in [-0.3, -0.25) is 13.7 Å². The van der Waals surface area contributed by atoms with Gasteiger partial charge in [0.25, 0.3) is 0 Å². The Bertz CT molecular complexity index is 4000. The molecule has 6 heterocycles. The first kappa shape index (κ1) is 63.4. The Morgan fingerprint density at radius 1 is 0.476 bits per heavy atom. The van der Waals surface area contributed by atoms with Crippen molar-refractivity contribution in [2.75, 3.05) is 65.0 Å². The van der Waals surface area contributed by atoms with Gasteiger partial charge in [0.05, 0.1) is 39.6 Å². The molecule has 4 aliphatic rings. The zero-order chi connectivity index (χ0) is 59.8. The van der Waals surface area contributed by atoms with Crippen molar-refractivity contribution in [2.45, 2.75) is 81.1 Å². The third-order valence-corrected chi connectivity index (χ3v) is 24.4. The molecule has 1 unspecified atom stereocenters. The predicted octanol–water partition coefficient (Wildman–Crippen LogP) is 15.1. The monoisotopic (exact) mass is 1420 g/mol. The van der Waals surface area contributed by atoms with Crippen molar-refractivity contribution in [3.8, 4) is 0 Å². The van der Waals surface area contributed by atoms with Crippen molar-refractivity contribution in [2.24, 2.45) is 25.0 Å². The molecule has 6 aromatic carbocycles. The minimum absolute atomic E-state index is 0.395. The summed E-state index contributed by atoms with van der Waals surface area (Å²) in [5, 5.41) is 8.33. The first-order valence-corrected chi connectivity index (χ1v) is 38.8. The number of anilines is 1. The second-order valence-electron chi connectivity index (χ2n) is 19.3. The van der Waals surface area contributed by atoms with Gasteiger partial charge in [-0.2, -0.15) is 0 Å². The van der Waals surface area contributed by atoms with Gasteiger partial charge in [-0.25, -0.2) is 0 Å². The Hall–Kier alpha value is -5.12. The predicted molar refractivity (Wildman–Crippen MR) is 342 cm³/mol. The van der Waals surface area contributed by atoms with Crippen LogP contribution in [-0.4, -0.2) is 107 Å². The average molecular weight is 1420 g/mol. The summed E-state index contributed by atoms with van der Waals surface area (Å²) in [4.78, 5) is 31.8. The Morgan fingerprint density at radius 3 is 1.36 bits per heavy atom. The van der Waals surface area contributed by atoms with E-state index in [0.717, 1.165) is 82.0 Å². The molecule has 23 heteroatoms. The summed E-state index contributed by atoms with van der Waals surface area (Å²) in [5.74, 6) is 4.01. The van der Waals surface area contributed by atoms with Gasteiger partial charge in [-0.1, -0.05) is 0 Å². The van der Waals surface area contributed by atoms with E-state index in [1.807, 2.05) is 0 Å². The molecule has 12 rings (SSSR count). The molecule has 438 valence electrons. The molecule has 0 saturated heterocycles. The zero-order valence-corrected chi connectivity index (χ0v) is 57.2. The second-order valence-corrected chi connectivity index (χ2v) is 32.0. The number of hydrogen-bond acceptors (Lipinski definition) is 17. The molecule has 0 amide bonds. The van der Waals surface area contributed by atoms with Gasteiger partial charge in [0.2, 0.25) is 0 Å². The standard InChI is InChI=1S/C46H30N8S2.3C5H13O3P.Pb/c1-25-15-19-27(20-16-25)55-35-23-24-36(56-28-21-17-26(2)18-22-28)38-37(35)45-52-43-33-13-7-5-11-31(33)41(50-43)48-39-29-9-3-4-10-30(29)40(47-39)49-42-32-12-6-8-14-34(32)44(51-42)53-46(38)54-45;3*1-4-7-9(3,6)8-5-2;/h3-24,45,52H,1-2H3;3*4-5H2,1-3H3;/q-2;;;;+2. The van der Waals surface area contributed by atoms with Crippen molar-refractivity contribution in [1.29, 1.82) is 0 Å². The van der Waals surface area contributed by atoms with Crippen LogP contribution in [0.1, 0.15) is 81.1 Å². The normalized spacial score (nSPS) is 14.6. The molecule has 84 heavy (non-hydrogen) atoms. The number of aryl methyl sites for hydroxylation is 2. The summed E-state index contributed by atoms with van der Waals surface area (Å²) >= 11 is 1.37. The van der Waals surface area contributed by atoms with Crippen molar-refractivity contribution in [3.05, 3.63) is 178 Å². The molecule has 2 aromatic heterocycles. The van der Waals surface area contributed by atoms with E-state index in [4.69, 9.17) is 52.1 Å². The number of amidine groups is 3. The maximum absolute atomic E-state index is 11.0. The summed E-state index contributed by atoms with van der Waals surface area (Å²) in [7, 11) is -8.08. The molecule has 1 atom stereocenters. The van der Waals surface area contributed by atoms with E-state index in [9.17, 15) is 13.7 Å². The number of aromatic nitrogens is 2. The molecular formula is C61H69N8O9P3PbS2. The fourth-order valence-electron chi connectivity index (χ4n) is 9.59. The number of fused-ring (bicyclic) bond motifs is 14. The number of rotatable bonds is 16. The van der Waals surface area contributed by atoms with Crippen LogP contribution >= 0.6 is 46.3 Å². The Balaban J connectivity index is 0.000000261. The van der Waals surface area contributed by atoms with Crippen molar-refractivity contribution in [1.82, 2.24) is 4.75 Å². The van der Waals surface area contributed by atoms with Gasteiger partial charge in [-0.15, -0.1) is 0 Å². The molecule has 0 fully saturated rings. The van der Waals surface area contributed by atoms with Gasteiger partial charge in [0.1, 0.15) is 0 Å². The minimum atomic E-state index is -2.69. The average Bonchev–Trinajstić information content (AvgIpc) is 3.69. The molecule has 2 radical (unpaired) electrons. The molecule has 17 nitrogen and oxygen atoms in total. The van der Waals surface area contributed by atoms with Crippen molar-refractivity contribution < 1.29 is 40.8 Å². The van der Waals surface area contributed by atoms with Crippen LogP contribution < -0.4 is 16.3 Å². The third kappa shape index (κ3) is 14.8. The number of benzene rings is 6. The SMILES string of the molecule is CCOP(C)(=O)OCC.CCOP(C)(=O)OCC.CCOP(C)(=O)OCC.Cc1ccc(Sc2ccc(Sc3ccc(C)cc3)c3c2C2=NC3Nc3c4ccccc4c4[n]3[Pb][n]3c(c5ccccc5c3=N2)=NC2=NC(=N4)c3ccccc32)cc1. The topological polar surface area (TPSA) is 190 Å². The molecule has 0 saturated carbocycles. The second kappa shape index (κ2) is 28.1. The quantitative estimate of drug-likeness (QED) is 0.0712. The van der Waals surface area contributed by atoms with Crippen LogP contribution in [0.2, 0.25) is 0 Å². The van der Waals surface area contributed by atoms with Crippen LogP contribution in [0, 0.1) is 13.8 Å². The van der Waals surface area contributed by atoms with E-state index in [2.05, 4.69) is 157 Å². The van der Waals surface area contributed by atoms with E-state index in [-0.39, 0.29) is 0 Å². The first-order chi connectivity index (χ1) is 40.4. The summed E-state index contributed by atoms with van der Waals surface area (Å²) in [6, 6.07) is 47.5. The van der Waals surface area contributed by atoms with E-state index in [0.29, 0.717) is 51.3 Å². The molecule has 0 aliphatic carbocycles. The van der Waals surface area contributed by atoms with E-state index >= 15 is 0 Å². The summed E-state index contributed by atoms with van der Waals surface area (Å²) < 4.78 is 66.6. The van der Waals surface area contributed by atoms with Crippen LogP contribution in [0.25, 0.3) is 21.5 Å². The maximum atomic E-state index is 11.0. The van der Waals surface area contributed by atoms with Crippen LogP contribution in [0.4, 0.5) is 11.6 Å². The van der Waals surface area contributed by atoms with Crippen LogP contribution in [0.15, 0.2) is 178 Å². The fourth-order valence-corrected chi connectivity index (χ4v) is 19.6. The number of nitrogens with one attached hydrogen (secondary N) is 1. The van der Waals surface area contributed by atoms with Crippen LogP contribution in [-0.2, 0) is 40.8 Å². The zero-order valence-electron chi connectivity index (χ0n) is 49.0. The molecular weight excluding hydrogens is 1350 g/mol. The van der Waals surface area contributed by atoms with Crippen molar-refractivity contribution >= 4 is 122 Å². The van der Waals surface area contributed by atoms with Gasteiger partial charge in [0, 0.05) is 20.0 Å². The van der Waals surface area contributed by atoms with E-state index < -0.39 is 53.8 Å². The van der Waals surface area contributed by atoms with Gasteiger partial charge >= 0.3 is 374 Å². The fraction of sp³-hybridized carbons (Fsp3) is 0.295. The summed E-state index contributed by atoms with van der Waals surface area (Å²) in [6.07, 6.45) is -0.395. The molecule has 1 N–H and O–H groups in total. The number of hydrogen-bond donors (Lipinski definition) is 1. The van der Waals surface area contributed by atoms with Gasteiger partial charge < -0.3 is 27.1 Å². The summed E-state index contributed by atoms with van der Waals surface area (Å²) in [6.45, 7) is 22.0. The Morgan fingerprint density at radius 2 is 0.881 bits per heavy atom. The van der Waals surface area contributed by atoms with E-state index in [1.54, 1.807) is 65.1 Å². The molecule has 6 bridgehead atoms. The van der Waals surface area contributed by atoms with Gasteiger partial charge in [-0.05, 0) is 41.5 Å². The van der Waals surface area contributed by atoms with Crippen LogP contribution in [0.3, 0.4) is 0 Å². The summed E-state index contributed by atoms with van der Waals surface area (Å²) in [5.41, 5.74) is 8.41. The van der Waals surface area contributed by atoms with Gasteiger partial charge in [0.15, 0.2) is 0 Å². The van der Waals surface area contributed by atoms with Crippen LogP contribution in [0.5, 0.6) is 0 Å². The Labute approximate surface area is 512 Å². The molecule has 8 aromatic rings. The number of aliphatic imine (C=N–C) groups is 3.